The highest BCUT2D eigenvalue weighted by Crippen LogP contribution is 2.30. The number of para-hydroxylation sites is 2. The third-order valence-electron chi connectivity index (χ3n) is 6.08. The van der Waals surface area contributed by atoms with Crippen molar-refractivity contribution in [2.24, 2.45) is 0 Å². The van der Waals surface area contributed by atoms with Crippen LogP contribution in [0.25, 0.3) is 32.7 Å². The van der Waals surface area contributed by atoms with Gasteiger partial charge >= 0.3 is 11.6 Å². The molecule has 0 saturated heterocycles. The maximum Gasteiger partial charge on any atom is 0.375 e. The number of hydrogen-bond donors (Lipinski definition) is 0. The number of benzene rings is 4. The number of carbonyl (C=O) groups excluding carboxylic acids is 1. The zero-order chi connectivity index (χ0) is 24.5. The zero-order valence-electron chi connectivity index (χ0n) is 19.1. The van der Waals surface area contributed by atoms with Gasteiger partial charge in [-0.1, -0.05) is 66.7 Å². The van der Waals surface area contributed by atoms with Gasteiger partial charge in [0.1, 0.15) is 30.1 Å². The van der Waals surface area contributed by atoms with Crippen molar-refractivity contribution in [3.63, 3.8) is 0 Å². The summed E-state index contributed by atoms with van der Waals surface area (Å²) in [7, 11) is 0. The topological polar surface area (TPSA) is 78.9 Å². The summed E-state index contributed by atoms with van der Waals surface area (Å²) in [4.78, 5) is 25.4. The number of ether oxygens (including phenoxy) is 2. The number of furan rings is 1. The second-order valence-electron chi connectivity index (χ2n) is 8.33. The van der Waals surface area contributed by atoms with E-state index in [0.717, 1.165) is 21.5 Å². The van der Waals surface area contributed by atoms with E-state index >= 15 is 0 Å². The molecule has 0 aliphatic rings. The summed E-state index contributed by atoms with van der Waals surface area (Å²) in [6.07, 6.45) is 0. The van der Waals surface area contributed by atoms with Crippen molar-refractivity contribution in [3.8, 4) is 5.75 Å². The van der Waals surface area contributed by atoms with Crippen molar-refractivity contribution in [2.45, 2.75) is 13.2 Å². The van der Waals surface area contributed by atoms with Crippen LogP contribution >= 0.6 is 0 Å². The van der Waals surface area contributed by atoms with Gasteiger partial charge in [0.15, 0.2) is 0 Å². The summed E-state index contributed by atoms with van der Waals surface area (Å²) in [5, 5.41) is 3.41. The van der Waals surface area contributed by atoms with Gasteiger partial charge in [0.2, 0.25) is 5.76 Å². The maximum absolute atomic E-state index is 13.2. The number of rotatable bonds is 6. The standard InChI is InChI=1S/C30H20O6/c31-27-16-20(28-22-11-5-4-8-19(22)14-15-26(28)35-27)17-34-30(32)29-24(18-33-21-9-2-1-3-10-21)23-12-6-7-13-25(23)36-29/h1-16H,17-18H2. The first kappa shape index (κ1) is 21.7. The monoisotopic (exact) mass is 476 g/mol. The molecule has 4 aromatic carbocycles. The zero-order valence-corrected chi connectivity index (χ0v) is 19.1. The first-order chi connectivity index (χ1) is 17.7. The summed E-state index contributed by atoms with van der Waals surface area (Å²) < 4.78 is 22.9. The molecular weight excluding hydrogens is 456 g/mol. The maximum atomic E-state index is 13.2. The van der Waals surface area contributed by atoms with Crippen molar-refractivity contribution in [3.05, 3.63) is 124 Å². The summed E-state index contributed by atoms with van der Waals surface area (Å²) in [5.74, 6) is 0.111. The van der Waals surface area contributed by atoms with Gasteiger partial charge in [-0.15, -0.1) is 0 Å². The van der Waals surface area contributed by atoms with Crippen molar-refractivity contribution in [1.29, 1.82) is 0 Å². The van der Waals surface area contributed by atoms with E-state index in [4.69, 9.17) is 18.3 Å². The van der Waals surface area contributed by atoms with E-state index in [9.17, 15) is 9.59 Å². The van der Waals surface area contributed by atoms with Crippen LogP contribution in [0.4, 0.5) is 0 Å². The van der Waals surface area contributed by atoms with Gasteiger partial charge < -0.3 is 18.3 Å². The van der Waals surface area contributed by atoms with Crippen molar-refractivity contribution < 1.29 is 23.1 Å². The Bertz CT molecular complexity index is 1780. The van der Waals surface area contributed by atoms with Crippen molar-refractivity contribution in [2.75, 3.05) is 0 Å². The molecule has 176 valence electrons. The first-order valence-corrected chi connectivity index (χ1v) is 11.5. The smallest absolute Gasteiger partial charge is 0.375 e. The molecule has 36 heavy (non-hydrogen) atoms. The second kappa shape index (κ2) is 9.07. The SMILES string of the molecule is O=C(OCc1cc(=O)oc2ccc3ccccc3c12)c1oc2ccccc2c1COc1ccccc1. The lowest BCUT2D eigenvalue weighted by atomic mass is 10.0. The molecule has 0 unspecified atom stereocenters. The number of fused-ring (bicyclic) bond motifs is 4. The molecule has 0 aliphatic carbocycles. The molecule has 6 rings (SSSR count). The van der Waals surface area contributed by atoms with E-state index in [1.165, 1.54) is 6.07 Å². The third kappa shape index (κ3) is 3.99. The molecule has 0 spiro atoms. The average Bonchev–Trinajstić information content (AvgIpc) is 3.29. The van der Waals surface area contributed by atoms with Crippen LogP contribution in [0.2, 0.25) is 0 Å². The molecule has 0 N–H and O–H groups in total. The first-order valence-electron chi connectivity index (χ1n) is 11.5. The number of carbonyl (C=O) groups is 1. The Balaban J connectivity index is 1.34. The van der Waals surface area contributed by atoms with Crippen LogP contribution in [0.3, 0.4) is 0 Å². The van der Waals surface area contributed by atoms with E-state index in [-0.39, 0.29) is 19.0 Å². The predicted octanol–water partition coefficient (Wildman–Crippen LogP) is 6.63. The van der Waals surface area contributed by atoms with E-state index in [1.54, 1.807) is 12.1 Å². The van der Waals surface area contributed by atoms with Gasteiger partial charge in [-0.3, -0.25) is 0 Å². The highest BCUT2D eigenvalue weighted by atomic mass is 16.5. The lowest BCUT2D eigenvalue weighted by Gasteiger charge is -2.10. The minimum absolute atomic E-state index is 0.0734. The van der Waals surface area contributed by atoms with Gasteiger partial charge in [0, 0.05) is 22.4 Å². The second-order valence-corrected chi connectivity index (χ2v) is 8.33. The van der Waals surface area contributed by atoms with Crippen molar-refractivity contribution in [1.82, 2.24) is 0 Å². The lowest BCUT2D eigenvalue weighted by molar-refractivity contribution is 0.0436. The van der Waals surface area contributed by atoms with Crippen molar-refractivity contribution >= 4 is 38.7 Å². The van der Waals surface area contributed by atoms with E-state index in [0.29, 0.717) is 28.0 Å². The Morgan fingerprint density at radius 3 is 2.33 bits per heavy atom. The third-order valence-corrected chi connectivity index (χ3v) is 6.08. The van der Waals surface area contributed by atoms with Crippen LogP contribution in [-0.2, 0) is 18.0 Å². The quantitative estimate of drug-likeness (QED) is 0.153. The Kier molecular flexibility index (Phi) is 5.46. The van der Waals surface area contributed by atoms with E-state index in [1.807, 2.05) is 78.9 Å². The minimum atomic E-state index is -0.639. The summed E-state index contributed by atoms with van der Waals surface area (Å²) in [5.41, 5.74) is 1.65. The van der Waals surface area contributed by atoms with Gasteiger partial charge in [-0.25, -0.2) is 9.59 Å². The van der Waals surface area contributed by atoms with Gasteiger partial charge in [0.25, 0.3) is 0 Å². The molecule has 6 nitrogen and oxygen atoms in total. The molecule has 6 aromatic rings. The van der Waals surface area contributed by atoms with Gasteiger partial charge in [-0.05, 0) is 35.0 Å². The molecule has 0 bridgehead atoms. The average molecular weight is 476 g/mol. The summed E-state index contributed by atoms with van der Waals surface area (Å²) >= 11 is 0. The molecule has 2 aromatic heterocycles. The van der Waals surface area contributed by atoms with Crippen LogP contribution in [0.5, 0.6) is 5.75 Å². The van der Waals surface area contributed by atoms with E-state index < -0.39 is 11.6 Å². The molecule has 0 fully saturated rings. The normalized spacial score (nSPS) is 11.2. The highest BCUT2D eigenvalue weighted by molar-refractivity contribution is 6.07. The molecule has 0 atom stereocenters. The fourth-order valence-electron chi connectivity index (χ4n) is 4.42. The lowest BCUT2D eigenvalue weighted by Crippen LogP contribution is -2.10. The largest absolute Gasteiger partial charge is 0.489 e. The highest BCUT2D eigenvalue weighted by Gasteiger charge is 2.23. The fraction of sp³-hybridized carbons (Fsp3) is 0.0667. The number of hydrogen-bond acceptors (Lipinski definition) is 6. The molecule has 2 heterocycles. The van der Waals surface area contributed by atoms with Crippen LogP contribution < -0.4 is 10.4 Å². The minimum Gasteiger partial charge on any atom is -0.489 e. The molecule has 0 amide bonds. The molecule has 0 aliphatic heterocycles. The van der Waals surface area contributed by atoms with Crippen LogP contribution in [0.15, 0.2) is 111 Å². The summed E-state index contributed by atoms with van der Waals surface area (Å²) in [6.45, 7) is 0.0128. The molecule has 0 saturated carbocycles. The van der Waals surface area contributed by atoms with Crippen LogP contribution in [0.1, 0.15) is 21.7 Å². The van der Waals surface area contributed by atoms with Gasteiger partial charge in [0.05, 0.1) is 5.56 Å². The molecule has 6 heteroatoms. The fourth-order valence-corrected chi connectivity index (χ4v) is 4.42. The molecular formula is C30H20O6. The van der Waals surface area contributed by atoms with Gasteiger partial charge in [-0.2, -0.15) is 0 Å². The Hall–Kier alpha value is -4.84. The Labute approximate surface area is 205 Å². The van der Waals surface area contributed by atoms with E-state index in [2.05, 4.69) is 0 Å². The van der Waals surface area contributed by atoms with Crippen LogP contribution in [-0.4, -0.2) is 5.97 Å². The Morgan fingerprint density at radius 1 is 0.722 bits per heavy atom. The molecule has 0 radical (unpaired) electrons. The predicted molar refractivity (Wildman–Crippen MR) is 136 cm³/mol. The summed E-state index contributed by atoms with van der Waals surface area (Å²) in [6, 6.07) is 29.5. The van der Waals surface area contributed by atoms with Crippen LogP contribution in [0, 0.1) is 0 Å². The number of esters is 1. The Morgan fingerprint density at radius 2 is 1.47 bits per heavy atom.